The Balaban J connectivity index is 1.51. The molecule has 0 bridgehead atoms. The van der Waals surface area contributed by atoms with Gasteiger partial charge in [0, 0.05) is 36.7 Å². The van der Waals surface area contributed by atoms with Gasteiger partial charge in [-0.05, 0) is 19.1 Å². The maximum absolute atomic E-state index is 13.2. The third kappa shape index (κ3) is 5.44. The molecule has 0 saturated heterocycles. The summed E-state index contributed by atoms with van der Waals surface area (Å²) in [5.41, 5.74) is -0.676. The van der Waals surface area contributed by atoms with Crippen molar-refractivity contribution in [3.63, 3.8) is 0 Å². The van der Waals surface area contributed by atoms with Crippen LogP contribution in [-0.4, -0.2) is 40.1 Å². The van der Waals surface area contributed by atoms with Crippen LogP contribution in [0.15, 0.2) is 34.9 Å². The molecule has 0 radical (unpaired) electrons. The van der Waals surface area contributed by atoms with Gasteiger partial charge < -0.3 is 19.2 Å². The first-order valence-electron chi connectivity index (χ1n) is 9.45. The van der Waals surface area contributed by atoms with Gasteiger partial charge in [-0.3, -0.25) is 4.79 Å². The average molecular weight is 492 g/mol. The van der Waals surface area contributed by atoms with Crippen molar-refractivity contribution in [3.8, 4) is 17.4 Å². The van der Waals surface area contributed by atoms with E-state index in [9.17, 15) is 26.7 Å². The van der Waals surface area contributed by atoms with Gasteiger partial charge in [0.1, 0.15) is 11.3 Å². The lowest BCUT2D eigenvalue weighted by Crippen LogP contribution is -2.60. The second-order valence-corrected chi connectivity index (χ2v) is 8.27. The highest BCUT2D eigenvalue weighted by atomic mass is 35.5. The normalized spacial score (nSPS) is 16.8. The number of hydrogen-bond donors (Lipinski definition) is 1. The zero-order chi connectivity index (χ0) is 24.0. The molecule has 1 amide bonds. The second-order valence-electron chi connectivity index (χ2n) is 7.84. The third-order valence-corrected chi connectivity index (χ3v) is 4.86. The van der Waals surface area contributed by atoms with E-state index in [4.69, 9.17) is 25.5 Å². The van der Waals surface area contributed by atoms with Crippen LogP contribution in [0.1, 0.15) is 30.5 Å². The molecule has 3 aromatic rings. The predicted octanol–water partition coefficient (Wildman–Crippen LogP) is 5.53. The van der Waals surface area contributed by atoms with Crippen LogP contribution in [0, 0.1) is 0 Å². The number of aromatic nitrogens is 2. The molecule has 176 valence electrons. The van der Waals surface area contributed by atoms with Crippen LogP contribution in [0.4, 0.5) is 22.0 Å². The van der Waals surface area contributed by atoms with Crippen LogP contribution < -0.4 is 14.8 Å². The molecule has 1 aromatic carbocycles. The van der Waals surface area contributed by atoms with Gasteiger partial charge in [0.05, 0.1) is 5.02 Å². The van der Waals surface area contributed by atoms with Crippen molar-refractivity contribution in [1.29, 1.82) is 0 Å². The number of oxazole rings is 1. The minimum absolute atomic E-state index is 0.0405. The van der Waals surface area contributed by atoms with Crippen molar-refractivity contribution in [2.24, 2.45) is 0 Å². The van der Waals surface area contributed by atoms with Crippen LogP contribution in [0.2, 0.25) is 5.02 Å². The number of nitrogens with one attached hydrogen (secondary N) is 1. The summed E-state index contributed by atoms with van der Waals surface area (Å²) < 4.78 is 79.4. The first-order chi connectivity index (χ1) is 15.3. The standard InChI is InChI=1S/C20H15ClF5N3O4/c1-18(7-19(22,23)8-18)29-15(30)17-28-12-3-2-11(5-13(12)33-17)32-16-14(4-10(21)6-27-16)31-9-20(24,25)26/h2-6H,7-9H2,1H3,(H,29,30). The van der Waals surface area contributed by atoms with E-state index in [0.717, 1.165) is 12.3 Å². The number of fused-ring (bicyclic) bond motifs is 1. The van der Waals surface area contributed by atoms with E-state index in [2.05, 4.69) is 15.3 Å². The Bertz CT molecular complexity index is 1210. The second kappa shape index (κ2) is 8.01. The number of carbonyl (C=O) groups excluding carboxylic acids is 1. The summed E-state index contributed by atoms with van der Waals surface area (Å²) in [7, 11) is 0. The molecule has 1 aliphatic rings. The summed E-state index contributed by atoms with van der Waals surface area (Å²) in [6.45, 7) is -0.0791. The molecule has 1 N–H and O–H groups in total. The third-order valence-electron chi connectivity index (χ3n) is 4.66. The van der Waals surface area contributed by atoms with Gasteiger partial charge in [0.25, 0.3) is 17.7 Å². The number of halogens is 6. The monoisotopic (exact) mass is 491 g/mol. The Kier molecular flexibility index (Phi) is 5.59. The van der Waals surface area contributed by atoms with E-state index in [1.54, 1.807) is 0 Å². The number of nitrogens with zero attached hydrogens (tertiary/aromatic N) is 2. The molecule has 33 heavy (non-hydrogen) atoms. The van der Waals surface area contributed by atoms with Crippen LogP contribution in [0.25, 0.3) is 11.1 Å². The molecule has 1 saturated carbocycles. The molecule has 1 aliphatic carbocycles. The molecule has 13 heteroatoms. The lowest BCUT2D eigenvalue weighted by atomic mass is 9.75. The van der Waals surface area contributed by atoms with Crippen molar-refractivity contribution >= 4 is 28.6 Å². The highest BCUT2D eigenvalue weighted by Gasteiger charge is 2.54. The van der Waals surface area contributed by atoms with Gasteiger partial charge in [0.15, 0.2) is 17.9 Å². The van der Waals surface area contributed by atoms with E-state index in [1.165, 1.54) is 25.1 Å². The Morgan fingerprint density at radius 2 is 2.00 bits per heavy atom. The fraction of sp³-hybridized carbons (Fsp3) is 0.350. The van der Waals surface area contributed by atoms with Gasteiger partial charge in [-0.1, -0.05) is 11.6 Å². The minimum Gasteiger partial charge on any atom is -0.478 e. The van der Waals surface area contributed by atoms with Crippen molar-refractivity contribution < 1.29 is 40.6 Å². The topological polar surface area (TPSA) is 86.5 Å². The molecule has 0 atom stereocenters. The fourth-order valence-electron chi connectivity index (χ4n) is 3.43. The van der Waals surface area contributed by atoms with E-state index >= 15 is 0 Å². The molecule has 0 unspecified atom stereocenters. The van der Waals surface area contributed by atoms with Crippen molar-refractivity contribution in [3.05, 3.63) is 41.4 Å². The Hall–Kier alpha value is -3.15. The zero-order valence-electron chi connectivity index (χ0n) is 16.8. The van der Waals surface area contributed by atoms with Gasteiger partial charge >= 0.3 is 12.1 Å². The Morgan fingerprint density at radius 1 is 1.27 bits per heavy atom. The lowest BCUT2D eigenvalue weighted by molar-refractivity contribution is -0.153. The number of ether oxygens (including phenoxy) is 2. The van der Waals surface area contributed by atoms with E-state index in [1.807, 2.05) is 0 Å². The maximum Gasteiger partial charge on any atom is 0.422 e. The largest absolute Gasteiger partial charge is 0.478 e. The number of alkyl halides is 5. The van der Waals surface area contributed by atoms with Gasteiger partial charge in [0.2, 0.25) is 0 Å². The summed E-state index contributed by atoms with van der Waals surface area (Å²) >= 11 is 5.77. The SMILES string of the molecule is CC1(NC(=O)c2nc3ccc(Oc4ncc(Cl)cc4OCC(F)(F)F)cc3o2)CC(F)(F)C1. The maximum atomic E-state index is 13.2. The number of rotatable bonds is 6. The summed E-state index contributed by atoms with van der Waals surface area (Å²) in [5, 5.41) is 2.52. The summed E-state index contributed by atoms with van der Waals surface area (Å²) in [5.74, 6) is -4.43. The van der Waals surface area contributed by atoms with E-state index < -0.39 is 43.0 Å². The molecule has 4 rings (SSSR count). The minimum atomic E-state index is -4.58. The number of benzene rings is 1. The summed E-state index contributed by atoms with van der Waals surface area (Å²) in [6.07, 6.45) is -4.40. The van der Waals surface area contributed by atoms with Crippen molar-refractivity contribution in [2.45, 2.75) is 37.4 Å². The number of hydrogen-bond acceptors (Lipinski definition) is 6. The summed E-state index contributed by atoms with van der Waals surface area (Å²) in [4.78, 5) is 20.2. The first kappa shape index (κ1) is 23.0. The smallest absolute Gasteiger partial charge is 0.422 e. The molecule has 0 aliphatic heterocycles. The lowest BCUT2D eigenvalue weighted by Gasteiger charge is -2.44. The number of carbonyl (C=O) groups is 1. The van der Waals surface area contributed by atoms with Crippen molar-refractivity contribution in [2.75, 3.05) is 6.61 Å². The van der Waals surface area contributed by atoms with Gasteiger partial charge in [-0.25, -0.2) is 18.7 Å². The molecule has 0 spiro atoms. The molecular weight excluding hydrogens is 477 g/mol. The average Bonchev–Trinajstić information content (AvgIpc) is 3.09. The first-order valence-corrected chi connectivity index (χ1v) is 9.83. The highest BCUT2D eigenvalue weighted by Crippen LogP contribution is 2.45. The van der Waals surface area contributed by atoms with Crippen LogP contribution >= 0.6 is 11.6 Å². The van der Waals surface area contributed by atoms with Gasteiger partial charge in [-0.2, -0.15) is 13.2 Å². The molecule has 1 fully saturated rings. The predicted molar refractivity (Wildman–Crippen MR) is 105 cm³/mol. The molecule has 2 aromatic heterocycles. The van der Waals surface area contributed by atoms with Crippen molar-refractivity contribution in [1.82, 2.24) is 15.3 Å². The summed E-state index contributed by atoms with van der Waals surface area (Å²) in [6, 6.07) is 5.32. The van der Waals surface area contributed by atoms with Crippen LogP contribution in [0.5, 0.6) is 17.4 Å². The zero-order valence-corrected chi connectivity index (χ0v) is 17.6. The number of pyridine rings is 1. The van der Waals surface area contributed by atoms with Crippen LogP contribution in [-0.2, 0) is 0 Å². The molecule has 7 nitrogen and oxygen atoms in total. The van der Waals surface area contributed by atoms with Gasteiger partial charge in [-0.15, -0.1) is 0 Å². The van der Waals surface area contributed by atoms with E-state index in [0.29, 0.717) is 0 Å². The number of amides is 1. The Labute approximate surface area is 187 Å². The fourth-order valence-corrected chi connectivity index (χ4v) is 3.58. The molecule has 2 heterocycles. The molecular formula is C20H15ClF5N3O4. The highest BCUT2D eigenvalue weighted by molar-refractivity contribution is 6.30. The quantitative estimate of drug-likeness (QED) is 0.456. The Morgan fingerprint density at radius 3 is 2.67 bits per heavy atom. The van der Waals surface area contributed by atoms with Crippen LogP contribution in [0.3, 0.4) is 0 Å². The van der Waals surface area contributed by atoms with E-state index in [-0.39, 0.29) is 39.4 Å².